The lowest BCUT2D eigenvalue weighted by Gasteiger charge is -2.22. The lowest BCUT2D eigenvalue weighted by Crippen LogP contribution is -2.44. The Hall–Kier alpha value is -3.17. The summed E-state index contributed by atoms with van der Waals surface area (Å²) in [5.41, 5.74) is -0.596. The summed E-state index contributed by atoms with van der Waals surface area (Å²) in [6, 6.07) is 0.452. The fourth-order valence-corrected chi connectivity index (χ4v) is 2.40. The van der Waals surface area contributed by atoms with E-state index in [4.69, 9.17) is 9.47 Å². The number of aliphatic carboxylic acids is 1. The van der Waals surface area contributed by atoms with Crippen LogP contribution in [0.4, 0.5) is 9.59 Å². The third kappa shape index (κ3) is 6.44. The predicted molar refractivity (Wildman–Crippen MR) is 104 cm³/mol. The Morgan fingerprint density at radius 3 is 2.28 bits per heavy atom. The van der Waals surface area contributed by atoms with Crippen molar-refractivity contribution in [3.8, 4) is 0 Å². The molecule has 0 aliphatic heterocycles. The van der Waals surface area contributed by atoms with Crippen LogP contribution in [-0.2, 0) is 20.7 Å². The van der Waals surface area contributed by atoms with Gasteiger partial charge in [-0.25, -0.2) is 19.4 Å². The third-order valence-corrected chi connectivity index (χ3v) is 3.46. The molecule has 0 aliphatic rings. The summed E-state index contributed by atoms with van der Waals surface area (Å²) in [5, 5.41) is 16.3. The quantitative estimate of drug-likeness (QED) is 0.792. The number of carbonyl (C=O) groups excluding carboxylic acids is 2. The van der Waals surface area contributed by atoms with Crippen LogP contribution in [0.3, 0.4) is 0 Å². The molecule has 0 radical (unpaired) electrons. The number of hydrogen-bond acceptors (Lipinski definition) is 7. The van der Waals surface area contributed by atoms with Gasteiger partial charge in [-0.15, -0.1) is 4.68 Å². The molecule has 10 heteroatoms. The fraction of sp³-hybridized carbons (Fsp3) is 0.526. The number of carboxylic acids is 1. The zero-order chi connectivity index (χ0) is 22.0. The van der Waals surface area contributed by atoms with E-state index in [1.54, 1.807) is 47.6 Å². The molecule has 2 rings (SSSR count). The summed E-state index contributed by atoms with van der Waals surface area (Å²) in [4.78, 5) is 39.8. The first-order valence-corrected chi connectivity index (χ1v) is 9.03. The number of carboxylic acid groups (broad SMARTS) is 1. The normalized spacial score (nSPS) is 13.0. The number of carbonyl (C=O) groups is 3. The zero-order valence-corrected chi connectivity index (χ0v) is 17.3. The topological polar surface area (TPSA) is 133 Å². The number of fused-ring (bicyclic) bond motifs is 1. The first kappa shape index (κ1) is 22.1. The van der Waals surface area contributed by atoms with Gasteiger partial charge in [0.05, 0.1) is 6.20 Å². The molecule has 0 saturated carbocycles. The van der Waals surface area contributed by atoms with Crippen LogP contribution >= 0.6 is 0 Å². The summed E-state index contributed by atoms with van der Waals surface area (Å²) in [6.07, 6.45) is 1.36. The Morgan fingerprint density at radius 2 is 1.72 bits per heavy atom. The van der Waals surface area contributed by atoms with E-state index in [1.165, 1.54) is 12.4 Å². The largest absolute Gasteiger partial charge is 0.480 e. The molecule has 2 heterocycles. The van der Waals surface area contributed by atoms with Crippen molar-refractivity contribution in [3.63, 3.8) is 0 Å². The van der Waals surface area contributed by atoms with E-state index in [0.717, 1.165) is 4.68 Å². The van der Waals surface area contributed by atoms with Crippen LogP contribution in [0.15, 0.2) is 18.5 Å². The highest BCUT2D eigenvalue weighted by Gasteiger charge is 2.25. The second-order valence-corrected chi connectivity index (χ2v) is 8.53. The number of pyridine rings is 1. The fourth-order valence-electron chi connectivity index (χ4n) is 2.40. The van der Waals surface area contributed by atoms with Crippen LogP contribution in [0.25, 0.3) is 11.0 Å². The molecule has 0 bridgehead atoms. The van der Waals surface area contributed by atoms with Crippen LogP contribution in [0, 0.1) is 0 Å². The van der Waals surface area contributed by atoms with Crippen LogP contribution in [0.2, 0.25) is 0 Å². The highest BCUT2D eigenvalue weighted by molar-refractivity contribution is 5.85. The Morgan fingerprint density at radius 1 is 1.10 bits per heavy atom. The van der Waals surface area contributed by atoms with E-state index < -0.39 is 35.4 Å². The van der Waals surface area contributed by atoms with Crippen molar-refractivity contribution in [1.82, 2.24) is 20.1 Å². The number of ether oxygens (including phenoxy) is 2. The molecule has 0 aromatic carbocycles. The molecule has 0 unspecified atom stereocenters. The SMILES string of the molecule is CC(C)(C)OC(=O)N[C@@H](Cc1cnc2c(cnn2C(=O)OC(C)(C)C)c1)C(=O)O. The molecule has 158 valence electrons. The summed E-state index contributed by atoms with van der Waals surface area (Å²) >= 11 is 0. The highest BCUT2D eigenvalue weighted by atomic mass is 16.6. The Bertz CT molecular complexity index is 923. The van der Waals surface area contributed by atoms with Crippen molar-refractivity contribution < 1.29 is 29.0 Å². The van der Waals surface area contributed by atoms with Crippen molar-refractivity contribution in [2.45, 2.75) is 65.2 Å². The van der Waals surface area contributed by atoms with Crippen molar-refractivity contribution >= 4 is 29.2 Å². The lowest BCUT2D eigenvalue weighted by atomic mass is 10.1. The monoisotopic (exact) mass is 406 g/mol. The molecule has 29 heavy (non-hydrogen) atoms. The lowest BCUT2D eigenvalue weighted by molar-refractivity contribution is -0.139. The minimum atomic E-state index is -1.21. The number of aromatic nitrogens is 3. The maximum Gasteiger partial charge on any atom is 0.437 e. The molecule has 0 saturated heterocycles. The number of hydrogen-bond donors (Lipinski definition) is 2. The molecule has 10 nitrogen and oxygen atoms in total. The molecular formula is C19H26N4O6. The average molecular weight is 406 g/mol. The van der Waals surface area contributed by atoms with E-state index in [0.29, 0.717) is 10.9 Å². The van der Waals surface area contributed by atoms with Gasteiger partial charge < -0.3 is 19.9 Å². The molecule has 2 aromatic heterocycles. The second kappa shape index (κ2) is 8.06. The Balaban J connectivity index is 2.18. The first-order chi connectivity index (χ1) is 13.2. The molecule has 1 atom stereocenters. The van der Waals surface area contributed by atoms with Gasteiger partial charge in [-0.05, 0) is 53.2 Å². The summed E-state index contributed by atoms with van der Waals surface area (Å²) in [7, 11) is 0. The number of amides is 1. The van der Waals surface area contributed by atoms with Crippen molar-refractivity contribution in [2.75, 3.05) is 0 Å². The summed E-state index contributed by atoms with van der Waals surface area (Å²) < 4.78 is 11.4. The molecule has 0 aliphatic carbocycles. The molecule has 2 N–H and O–H groups in total. The summed E-state index contributed by atoms with van der Waals surface area (Å²) in [5.74, 6) is -1.21. The Labute approximate surface area is 168 Å². The molecule has 0 spiro atoms. The van der Waals surface area contributed by atoms with E-state index in [-0.39, 0.29) is 12.1 Å². The molecule has 2 aromatic rings. The van der Waals surface area contributed by atoms with Gasteiger partial charge in [-0.2, -0.15) is 5.10 Å². The Kier molecular flexibility index (Phi) is 6.15. The standard InChI is InChI=1S/C19H26N4O6/c1-18(2,3)28-16(26)22-13(15(24)25)8-11-7-12-10-21-23(14(12)20-9-11)17(27)29-19(4,5)6/h7,9-10,13H,8H2,1-6H3,(H,22,26)(H,24,25)/t13-/m0/s1. The van der Waals surface area contributed by atoms with Gasteiger partial charge >= 0.3 is 18.2 Å². The van der Waals surface area contributed by atoms with Gasteiger partial charge in [-0.1, -0.05) is 0 Å². The van der Waals surface area contributed by atoms with E-state index in [2.05, 4.69) is 15.4 Å². The zero-order valence-electron chi connectivity index (χ0n) is 17.3. The number of alkyl carbamates (subject to hydrolysis) is 1. The summed E-state index contributed by atoms with van der Waals surface area (Å²) in [6.45, 7) is 10.3. The third-order valence-electron chi connectivity index (χ3n) is 3.46. The maximum absolute atomic E-state index is 12.2. The van der Waals surface area contributed by atoms with Gasteiger partial charge in [0, 0.05) is 18.0 Å². The number of nitrogens with one attached hydrogen (secondary N) is 1. The highest BCUT2D eigenvalue weighted by Crippen LogP contribution is 2.17. The number of nitrogens with zero attached hydrogens (tertiary/aromatic N) is 3. The van der Waals surface area contributed by atoms with Crippen LogP contribution in [0.1, 0.15) is 47.1 Å². The molecular weight excluding hydrogens is 380 g/mol. The van der Waals surface area contributed by atoms with Gasteiger partial charge in [0.25, 0.3) is 0 Å². The average Bonchev–Trinajstić information content (AvgIpc) is 2.94. The van der Waals surface area contributed by atoms with Gasteiger partial charge in [0.15, 0.2) is 5.65 Å². The van der Waals surface area contributed by atoms with Crippen molar-refractivity contribution in [2.24, 2.45) is 0 Å². The molecule has 0 fully saturated rings. The van der Waals surface area contributed by atoms with Crippen LogP contribution < -0.4 is 5.32 Å². The minimum absolute atomic E-state index is 0.0187. The second-order valence-electron chi connectivity index (χ2n) is 8.53. The minimum Gasteiger partial charge on any atom is -0.480 e. The maximum atomic E-state index is 12.2. The van der Waals surface area contributed by atoms with E-state index >= 15 is 0 Å². The van der Waals surface area contributed by atoms with Crippen LogP contribution in [0.5, 0.6) is 0 Å². The van der Waals surface area contributed by atoms with Crippen LogP contribution in [-0.4, -0.2) is 55.3 Å². The van der Waals surface area contributed by atoms with Crippen molar-refractivity contribution in [1.29, 1.82) is 0 Å². The molecule has 1 amide bonds. The van der Waals surface area contributed by atoms with Gasteiger partial charge in [-0.3, -0.25) is 0 Å². The smallest absolute Gasteiger partial charge is 0.437 e. The predicted octanol–water partition coefficient (Wildman–Crippen LogP) is 2.73. The van der Waals surface area contributed by atoms with E-state index in [9.17, 15) is 19.5 Å². The van der Waals surface area contributed by atoms with Gasteiger partial charge in [0.2, 0.25) is 0 Å². The number of rotatable bonds is 4. The van der Waals surface area contributed by atoms with E-state index in [1.807, 2.05) is 0 Å². The first-order valence-electron chi connectivity index (χ1n) is 9.03. The van der Waals surface area contributed by atoms with Crippen molar-refractivity contribution in [3.05, 3.63) is 24.0 Å². The van der Waals surface area contributed by atoms with Gasteiger partial charge in [0.1, 0.15) is 17.2 Å².